The third-order valence-electron chi connectivity index (χ3n) is 2.41. The molecule has 1 aliphatic rings. The number of carbonyl (C=O) groups excluding carboxylic acids is 1. The highest BCUT2D eigenvalue weighted by molar-refractivity contribution is 5.96. The molecule has 2 rings (SSSR count). The van der Waals surface area contributed by atoms with E-state index in [1.807, 2.05) is 19.1 Å². The molecular formula is C11H12NO. The molecule has 1 amide bonds. The van der Waals surface area contributed by atoms with Crippen LogP contribution in [0.1, 0.15) is 18.9 Å². The van der Waals surface area contributed by atoms with Gasteiger partial charge in [0.1, 0.15) is 0 Å². The van der Waals surface area contributed by atoms with E-state index in [0.29, 0.717) is 6.42 Å². The van der Waals surface area contributed by atoms with Gasteiger partial charge in [0, 0.05) is 19.0 Å². The molecule has 2 nitrogen and oxygen atoms in total. The molecule has 1 aromatic rings. The van der Waals surface area contributed by atoms with Crippen LogP contribution in [0.3, 0.4) is 0 Å². The van der Waals surface area contributed by atoms with Gasteiger partial charge in [0.15, 0.2) is 0 Å². The number of para-hydroxylation sites is 1. The minimum atomic E-state index is 0.220. The lowest BCUT2D eigenvalue weighted by molar-refractivity contribution is -0.118. The number of nitrogens with zero attached hydrogens (tertiary/aromatic N) is 1. The van der Waals surface area contributed by atoms with E-state index in [9.17, 15) is 4.79 Å². The molecule has 0 spiro atoms. The van der Waals surface area contributed by atoms with Crippen molar-refractivity contribution in [1.82, 2.24) is 0 Å². The average molecular weight is 174 g/mol. The maximum atomic E-state index is 11.5. The first-order chi connectivity index (χ1) is 6.33. The van der Waals surface area contributed by atoms with Crippen molar-refractivity contribution in [2.75, 3.05) is 11.4 Å². The van der Waals surface area contributed by atoms with Crippen LogP contribution in [0.25, 0.3) is 0 Å². The van der Waals surface area contributed by atoms with E-state index < -0.39 is 0 Å². The molecule has 0 bridgehead atoms. The molecule has 1 heterocycles. The molecule has 1 aromatic carbocycles. The number of hydrogen-bond acceptors (Lipinski definition) is 1. The Morgan fingerprint density at radius 2 is 2.38 bits per heavy atom. The zero-order valence-electron chi connectivity index (χ0n) is 7.71. The van der Waals surface area contributed by atoms with Gasteiger partial charge in [0.05, 0.1) is 5.69 Å². The van der Waals surface area contributed by atoms with E-state index in [2.05, 4.69) is 12.1 Å². The summed E-state index contributed by atoms with van der Waals surface area (Å²) in [6.07, 6.45) is 1.50. The van der Waals surface area contributed by atoms with Gasteiger partial charge < -0.3 is 4.90 Å². The molecule has 67 valence electrons. The number of amides is 1. The van der Waals surface area contributed by atoms with Crippen molar-refractivity contribution in [2.45, 2.75) is 19.8 Å². The maximum absolute atomic E-state index is 11.5. The van der Waals surface area contributed by atoms with E-state index in [1.54, 1.807) is 4.90 Å². The zero-order valence-corrected chi connectivity index (χ0v) is 7.71. The number of benzene rings is 1. The number of rotatable bonds is 1. The first-order valence-electron chi connectivity index (χ1n) is 4.63. The number of hydrogen-bond donors (Lipinski definition) is 0. The second kappa shape index (κ2) is 3.21. The Balaban J connectivity index is 2.45. The molecule has 1 radical (unpaired) electrons. The lowest BCUT2D eigenvalue weighted by atomic mass is 10.0. The number of anilines is 1. The predicted molar refractivity (Wildman–Crippen MR) is 51.6 cm³/mol. The fraction of sp³-hybridized carbons (Fsp3) is 0.364. The topological polar surface area (TPSA) is 20.3 Å². The van der Waals surface area contributed by atoms with Gasteiger partial charge in [-0.05, 0) is 18.9 Å². The minimum absolute atomic E-state index is 0.220. The van der Waals surface area contributed by atoms with Crippen molar-refractivity contribution in [1.29, 1.82) is 0 Å². The van der Waals surface area contributed by atoms with Crippen molar-refractivity contribution < 1.29 is 4.79 Å². The lowest BCUT2D eigenvalue weighted by Gasteiger charge is -2.27. The summed E-state index contributed by atoms with van der Waals surface area (Å²) in [6, 6.07) is 9.03. The van der Waals surface area contributed by atoms with Crippen molar-refractivity contribution in [2.24, 2.45) is 0 Å². The zero-order chi connectivity index (χ0) is 9.26. The molecule has 0 N–H and O–H groups in total. The van der Waals surface area contributed by atoms with Crippen LogP contribution < -0.4 is 4.90 Å². The van der Waals surface area contributed by atoms with Crippen LogP contribution >= 0.6 is 0 Å². The Labute approximate surface area is 78.2 Å². The van der Waals surface area contributed by atoms with Crippen LogP contribution in [0.2, 0.25) is 0 Å². The molecule has 0 fully saturated rings. The molecule has 0 aliphatic carbocycles. The molecule has 0 atom stereocenters. The van der Waals surface area contributed by atoms with E-state index in [0.717, 1.165) is 18.7 Å². The fourth-order valence-corrected chi connectivity index (χ4v) is 1.75. The predicted octanol–water partition coefficient (Wildman–Crippen LogP) is 1.79. The van der Waals surface area contributed by atoms with Crippen LogP contribution in [0.15, 0.2) is 18.2 Å². The third-order valence-corrected chi connectivity index (χ3v) is 2.41. The monoisotopic (exact) mass is 174 g/mol. The molecule has 0 aromatic heterocycles. The Morgan fingerprint density at radius 3 is 3.15 bits per heavy atom. The van der Waals surface area contributed by atoms with E-state index in [4.69, 9.17) is 0 Å². The van der Waals surface area contributed by atoms with E-state index in [-0.39, 0.29) is 5.91 Å². The summed E-state index contributed by atoms with van der Waals surface area (Å²) < 4.78 is 0. The van der Waals surface area contributed by atoms with Crippen LogP contribution in [0.4, 0.5) is 5.69 Å². The third kappa shape index (κ3) is 1.32. The Morgan fingerprint density at radius 1 is 1.54 bits per heavy atom. The number of aryl methyl sites for hydroxylation is 1. The quantitative estimate of drug-likeness (QED) is 0.635. The highest BCUT2D eigenvalue weighted by Crippen LogP contribution is 2.26. The summed E-state index contributed by atoms with van der Waals surface area (Å²) in [7, 11) is 0. The van der Waals surface area contributed by atoms with Crippen molar-refractivity contribution >= 4 is 11.6 Å². The minimum Gasteiger partial charge on any atom is -0.312 e. The van der Waals surface area contributed by atoms with Crippen molar-refractivity contribution in [3.8, 4) is 0 Å². The summed E-state index contributed by atoms with van der Waals surface area (Å²) in [5.41, 5.74) is 2.21. The van der Waals surface area contributed by atoms with Gasteiger partial charge in [0.25, 0.3) is 0 Å². The molecule has 0 saturated carbocycles. The average Bonchev–Trinajstić information content (AvgIpc) is 2.18. The number of fused-ring (bicyclic) bond motifs is 1. The van der Waals surface area contributed by atoms with Gasteiger partial charge >= 0.3 is 0 Å². The molecule has 1 aliphatic heterocycles. The van der Waals surface area contributed by atoms with E-state index >= 15 is 0 Å². The van der Waals surface area contributed by atoms with Crippen molar-refractivity contribution in [3.63, 3.8) is 0 Å². The fourth-order valence-electron chi connectivity index (χ4n) is 1.75. The summed E-state index contributed by atoms with van der Waals surface area (Å²) in [4.78, 5) is 13.3. The summed E-state index contributed by atoms with van der Waals surface area (Å²) >= 11 is 0. The molecule has 13 heavy (non-hydrogen) atoms. The summed E-state index contributed by atoms with van der Waals surface area (Å²) in [5, 5.41) is 0. The Hall–Kier alpha value is -1.31. The summed E-state index contributed by atoms with van der Waals surface area (Å²) in [6.45, 7) is 2.74. The Bertz CT molecular complexity index is 333. The van der Waals surface area contributed by atoms with Gasteiger partial charge in [-0.15, -0.1) is 0 Å². The van der Waals surface area contributed by atoms with Crippen LogP contribution in [0, 0.1) is 6.07 Å². The Kier molecular flexibility index (Phi) is 2.05. The van der Waals surface area contributed by atoms with Crippen LogP contribution in [-0.4, -0.2) is 12.5 Å². The maximum Gasteiger partial charge on any atom is 0.227 e. The highest BCUT2D eigenvalue weighted by Gasteiger charge is 2.21. The van der Waals surface area contributed by atoms with Gasteiger partial charge in [-0.25, -0.2) is 0 Å². The molecular weight excluding hydrogens is 162 g/mol. The lowest BCUT2D eigenvalue weighted by Crippen LogP contribution is -2.34. The standard InChI is InChI=1S/C11H12NO/c1-2-12-10-6-4-3-5-9(10)7-8-11(12)13/h3-5H,2,7-8H2,1H3. The molecule has 0 unspecified atom stereocenters. The molecule has 0 saturated heterocycles. The van der Waals surface area contributed by atoms with Gasteiger partial charge in [-0.3, -0.25) is 4.79 Å². The second-order valence-corrected chi connectivity index (χ2v) is 3.18. The smallest absolute Gasteiger partial charge is 0.227 e. The second-order valence-electron chi connectivity index (χ2n) is 3.18. The van der Waals surface area contributed by atoms with Crippen molar-refractivity contribution in [3.05, 3.63) is 29.8 Å². The first-order valence-corrected chi connectivity index (χ1v) is 4.63. The van der Waals surface area contributed by atoms with Gasteiger partial charge in [-0.2, -0.15) is 0 Å². The largest absolute Gasteiger partial charge is 0.312 e. The molecule has 2 heteroatoms. The SMILES string of the molecule is CCN1C(=O)CCc2ccc[c]c21. The van der Waals surface area contributed by atoms with Gasteiger partial charge in [-0.1, -0.05) is 18.2 Å². The van der Waals surface area contributed by atoms with Crippen LogP contribution in [-0.2, 0) is 11.2 Å². The normalized spacial score (nSPS) is 15.8. The van der Waals surface area contributed by atoms with Gasteiger partial charge in [0.2, 0.25) is 5.91 Å². The van der Waals surface area contributed by atoms with Crippen LogP contribution in [0.5, 0.6) is 0 Å². The highest BCUT2D eigenvalue weighted by atomic mass is 16.2. The van der Waals surface area contributed by atoms with E-state index in [1.165, 1.54) is 5.56 Å². The summed E-state index contributed by atoms with van der Waals surface area (Å²) in [5.74, 6) is 0.220. The first kappa shape index (κ1) is 8.30. The number of carbonyl (C=O) groups is 1.